The minimum Gasteiger partial charge on any atom is -0.350 e. The van der Waals surface area contributed by atoms with Gasteiger partial charge in [-0.3, -0.25) is 4.79 Å². The van der Waals surface area contributed by atoms with Crippen LogP contribution < -0.4 is 5.32 Å². The molecule has 0 spiro atoms. The molecular formula is C18H19BrN4O2. The van der Waals surface area contributed by atoms with Crippen LogP contribution in [0.5, 0.6) is 0 Å². The molecule has 1 fully saturated rings. The van der Waals surface area contributed by atoms with E-state index in [1.807, 2.05) is 38.1 Å². The minimum atomic E-state index is -0.328. The van der Waals surface area contributed by atoms with Crippen molar-refractivity contribution in [3.63, 3.8) is 0 Å². The number of benzene rings is 1. The summed E-state index contributed by atoms with van der Waals surface area (Å²) < 4.78 is 6.17. The van der Waals surface area contributed by atoms with Gasteiger partial charge in [0, 0.05) is 16.8 Å². The van der Waals surface area contributed by atoms with Crippen molar-refractivity contribution in [3.05, 3.63) is 46.1 Å². The highest BCUT2D eigenvalue weighted by atomic mass is 79.9. The SMILES string of the molecule is CC(C)C(NC(=O)c1[nH]c2ccccc2c1Br)c1nc(C2CC2)no1. The first kappa shape index (κ1) is 16.3. The van der Waals surface area contributed by atoms with Crippen molar-refractivity contribution in [1.82, 2.24) is 20.4 Å². The van der Waals surface area contributed by atoms with Crippen molar-refractivity contribution in [2.24, 2.45) is 5.92 Å². The number of amides is 1. The van der Waals surface area contributed by atoms with Gasteiger partial charge in [0.15, 0.2) is 5.82 Å². The quantitative estimate of drug-likeness (QED) is 0.665. The minimum absolute atomic E-state index is 0.125. The Balaban J connectivity index is 1.60. The second kappa shape index (κ2) is 6.29. The van der Waals surface area contributed by atoms with Gasteiger partial charge in [-0.15, -0.1) is 0 Å². The third kappa shape index (κ3) is 3.08. The molecule has 1 saturated carbocycles. The molecule has 6 nitrogen and oxygen atoms in total. The normalized spacial score (nSPS) is 15.7. The van der Waals surface area contributed by atoms with Gasteiger partial charge in [-0.2, -0.15) is 4.98 Å². The molecule has 25 heavy (non-hydrogen) atoms. The number of aromatic nitrogens is 3. The van der Waals surface area contributed by atoms with Crippen LogP contribution in [-0.2, 0) is 0 Å². The van der Waals surface area contributed by atoms with Crippen LogP contribution in [0.3, 0.4) is 0 Å². The zero-order chi connectivity index (χ0) is 17.6. The molecule has 4 rings (SSSR count). The number of rotatable bonds is 5. The molecule has 0 saturated heterocycles. The van der Waals surface area contributed by atoms with E-state index in [0.717, 1.165) is 34.0 Å². The largest absolute Gasteiger partial charge is 0.350 e. The fraction of sp³-hybridized carbons (Fsp3) is 0.389. The summed E-state index contributed by atoms with van der Waals surface area (Å²) in [4.78, 5) is 20.5. The predicted octanol–water partition coefficient (Wildman–Crippen LogP) is 4.32. The summed E-state index contributed by atoms with van der Waals surface area (Å²) in [6.45, 7) is 4.04. The number of carbonyl (C=O) groups excluding carboxylic acids is 1. The first-order valence-electron chi connectivity index (χ1n) is 8.45. The van der Waals surface area contributed by atoms with E-state index in [1.165, 1.54) is 0 Å². The Labute approximate surface area is 153 Å². The van der Waals surface area contributed by atoms with Crippen molar-refractivity contribution in [2.75, 3.05) is 0 Å². The van der Waals surface area contributed by atoms with Gasteiger partial charge in [0.25, 0.3) is 5.91 Å². The van der Waals surface area contributed by atoms with Crippen LogP contribution in [0.2, 0.25) is 0 Å². The molecule has 1 aliphatic rings. The number of fused-ring (bicyclic) bond motifs is 1. The highest BCUT2D eigenvalue weighted by Gasteiger charge is 2.32. The predicted molar refractivity (Wildman–Crippen MR) is 97.3 cm³/mol. The second-order valence-electron chi connectivity index (χ2n) is 6.82. The van der Waals surface area contributed by atoms with E-state index >= 15 is 0 Å². The Bertz CT molecular complexity index is 926. The number of carbonyl (C=O) groups is 1. The van der Waals surface area contributed by atoms with E-state index < -0.39 is 0 Å². The van der Waals surface area contributed by atoms with E-state index in [1.54, 1.807) is 0 Å². The van der Waals surface area contributed by atoms with Gasteiger partial charge in [0.1, 0.15) is 11.7 Å². The molecule has 0 bridgehead atoms. The molecule has 1 atom stereocenters. The van der Waals surface area contributed by atoms with Crippen molar-refractivity contribution in [1.29, 1.82) is 0 Å². The topological polar surface area (TPSA) is 83.8 Å². The van der Waals surface area contributed by atoms with Gasteiger partial charge in [-0.25, -0.2) is 0 Å². The number of aromatic amines is 1. The van der Waals surface area contributed by atoms with Crippen LogP contribution in [0, 0.1) is 5.92 Å². The molecule has 2 aromatic heterocycles. The molecular weight excluding hydrogens is 384 g/mol. The van der Waals surface area contributed by atoms with Gasteiger partial charge in [0.05, 0.1) is 4.47 Å². The number of para-hydroxylation sites is 1. The summed E-state index contributed by atoms with van der Waals surface area (Å²) in [5.41, 5.74) is 1.41. The summed E-state index contributed by atoms with van der Waals surface area (Å²) in [5, 5.41) is 8.06. The van der Waals surface area contributed by atoms with Gasteiger partial charge < -0.3 is 14.8 Å². The number of hydrogen-bond donors (Lipinski definition) is 2. The molecule has 3 aromatic rings. The summed E-state index contributed by atoms with van der Waals surface area (Å²) in [5.74, 6) is 1.57. The fourth-order valence-corrected chi connectivity index (χ4v) is 3.50. The highest BCUT2D eigenvalue weighted by molar-refractivity contribution is 9.10. The van der Waals surface area contributed by atoms with E-state index in [9.17, 15) is 4.79 Å². The molecule has 0 radical (unpaired) electrons. The monoisotopic (exact) mass is 402 g/mol. The second-order valence-corrected chi connectivity index (χ2v) is 7.61. The smallest absolute Gasteiger partial charge is 0.269 e. The molecule has 2 heterocycles. The first-order valence-corrected chi connectivity index (χ1v) is 9.24. The van der Waals surface area contributed by atoms with Gasteiger partial charge in [0.2, 0.25) is 5.89 Å². The third-order valence-electron chi connectivity index (χ3n) is 4.49. The van der Waals surface area contributed by atoms with E-state index in [2.05, 4.69) is 36.4 Å². The average Bonchev–Trinajstić information content (AvgIpc) is 3.24. The zero-order valence-corrected chi connectivity index (χ0v) is 15.6. The van der Waals surface area contributed by atoms with Crippen molar-refractivity contribution in [3.8, 4) is 0 Å². The Morgan fingerprint density at radius 2 is 2.12 bits per heavy atom. The Kier molecular flexibility index (Phi) is 4.11. The number of H-pyrrole nitrogens is 1. The van der Waals surface area contributed by atoms with Crippen LogP contribution in [0.1, 0.15) is 60.9 Å². The molecule has 7 heteroatoms. The van der Waals surface area contributed by atoms with E-state index in [0.29, 0.717) is 17.5 Å². The molecule has 0 aliphatic heterocycles. The number of halogens is 1. The summed E-state index contributed by atoms with van der Waals surface area (Å²) in [6.07, 6.45) is 2.22. The van der Waals surface area contributed by atoms with E-state index in [-0.39, 0.29) is 17.9 Å². The lowest BCUT2D eigenvalue weighted by atomic mass is 10.0. The van der Waals surface area contributed by atoms with Crippen LogP contribution >= 0.6 is 15.9 Å². The lowest BCUT2D eigenvalue weighted by Crippen LogP contribution is -2.32. The molecule has 1 unspecified atom stereocenters. The van der Waals surface area contributed by atoms with Crippen molar-refractivity contribution >= 4 is 32.7 Å². The standard InChI is InChI=1S/C18H19BrN4O2/c1-9(2)14(18-22-16(23-25-18)10-7-8-10)21-17(24)15-13(19)11-5-3-4-6-12(11)20-15/h3-6,9-10,14,20H,7-8H2,1-2H3,(H,21,24). The number of nitrogens with zero attached hydrogens (tertiary/aromatic N) is 2. The average molecular weight is 403 g/mol. The molecule has 130 valence electrons. The van der Waals surface area contributed by atoms with Gasteiger partial charge in [-0.1, -0.05) is 37.2 Å². The molecule has 1 amide bonds. The zero-order valence-electron chi connectivity index (χ0n) is 14.0. The maximum atomic E-state index is 12.8. The maximum Gasteiger partial charge on any atom is 0.269 e. The Morgan fingerprint density at radius 1 is 1.36 bits per heavy atom. The van der Waals surface area contributed by atoms with Crippen LogP contribution in [0.15, 0.2) is 33.3 Å². The molecule has 2 N–H and O–H groups in total. The van der Waals surface area contributed by atoms with Crippen LogP contribution in [0.25, 0.3) is 10.9 Å². The van der Waals surface area contributed by atoms with Crippen molar-refractivity contribution in [2.45, 2.75) is 38.6 Å². The van der Waals surface area contributed by atoms with E-state index in [4.69, 9.17) is 4.52 Å². The van der Waals surface area contributed by atoms with Gasteiger partial charge in [-0.05, 0) is 40.8 Å². The summed E-state index contributed by atoms with van der Waals surface area (Å²) >= 11 is 3.52. The Hall–Kier alpha value is -2.15. The van der Waals surface area contributed by atoms with Crippen LogP contribution in [0.4, 0.5) is 0 Å². The van der Waals surface area contributed by atoms with Gasteiger partial charge >= 0.3 is 0 Å². The number of nitrogens with one attached hydrogen (secondary N) is 2. The molecule has 1 aromatic carbocycles. The lowest BCUT2D eigenvalue weighted by Gasteiger charge is -2.18. The number of hydrogen-bond acceptors (Lipinski definition) is 4. The third-order valence-corrected chi connectivity index (χ3v) is 5.31. The van der Waals surface area contributed by atoms with Crippen LogP contribution in [-0.4, -0.2) is 21.0 Å². The fourth-order valence-electron chi connectivity index (χ4n) is 2.87. The molecule has 1 aliphatic carbocycles. The van der Waals surface area contributed by atoms with Crippen molar-refractivity contribution < 1.29 is 9.32 Å². The summed E-state index contributed by atoms with van der Waals surface area (Å²) in [7, 11) is 0. The lowest BCUT2D eigenvalue weighted by molar-refractivity contribution is 0.0909. The Morgan fingerprint density at radius 3 is 2.80 bits per heavy atom. The highest BCUT2D eigenvalue weighted by Crippen LogP contribution is 2.38. The first-order chi connectivity index (χ1) is 12.0. The summed E-state index contributed by atoms with van der Waals surface area (Å²) in [6, 6.07) is 7.45. The maximum absolute atomic E-state index is 12.8.